The maximum atomic E-state index is 5.51. The third-order valence-electron chi connectivity index (χ3n) is 1.22. The van der Waals surface area contributed by atoms with Gasteiger partial charge in [0.15, 0.2) is 0 Å². The summed E-state index contributed by atoms with van der Waals surface area (Å²) in [5, 5.41) is 0. The van der Waals surface area contributed by atoms with E-state index in [1.807, 2.05) is 24.3 Å². The average molecular weight is 164 g/mol. The van der Waals surface area contributed by atoms with Gasteiger partial charge in [-0.05, 0) is 12.1 Å². The highest BCUT2D eigenvalue weighted by Gasteiger charge is 1.90. The van der Waals surface area contributed by atoms with Gasteiger partial charge in [-0.15, -0.1) is 0 Å². The summed E-state index contributed by atoms with van der Waals surface area (Å²) in [5.74, 6) is 0.684. The summed E-state index contributed by atoms with van der Waals surface area (Å²) in [6.45, 7) is 0. The molecule has 1 rings (SSSR count). The van der Waals surface area contributed by atoms with Crippen LogP contribution >= 0.6 is 11.8 Å². The number of hydrogen-bond acceptors (Lipinski definition) is 2. The van der Waals surface area contributed by atoms with Crippen LogP contribution in [0.4, 0.5) is 0 Å². The zero-order valence-corrected chi connectivity index (χ0v) is 7.23. The van der Waals surface area contributed by atoms with E-state index in [-0.39, 0.29) is 0 Å². The maximum Gasteiger partial charge on any atom is 0.113 e. The molecular formula is C8H9BOS. The van der Waals surface area contributed by atoms with Crippen LogP contribution in [0, 0.1) is 0 Å². The van der Waals surface area contributed by atoms with Crippen LogP contribution in [-0.4, -0.2) is 20.9 Å². The standard InChI is InChI=1S/C8H9BOS/c1-10-6-11-8-4-2-7(9)3-5-8/h2-5H,6H2,1H3. The number of thioether (sulfide) groups is 1. The molecule has 3 heteroatoms. The van der Waals surface area contributed by atoms with Crippen LogP contribution in [0.2, 0.25) is 0 Å². The molecule has 0 bridgehead atoms. The number of benzene rings is 1. The molecule has 0 spiro atoms. The zero-order chi connectivity index (χ0) is 8.10. The summed E-state index contributed by atoms with van der Waals surface area (Å²) in [4.78, 5) is 1.18. The lowest BCUT2D eigenvalue weighted by atomic mass is 9.97. The van der Waals surface area contributed by atoms with Crippen molar-refractivity contribution in [3.05, 3.63) is 24.3 Å². The molecule has 0 aliphatic heterocycles. The quantitative estimate of drug-likeness (QED) is 0.376. The first-order valence-corrected chi connectivity index (χ1v) is 4.29. The summed E-state index contributed by atoms with van der Waals surface area (Å²) in [7, 11) is 7.20. The summed E-state index contributed by atoms with van der Waals surface area (Å²) in [5.41, 5.74) is 0.798. The van der Waals surface area contributed by atoms with E-state index in [9.17, 15) is 0 Å². The van der Waals surface area contributed by atoms with Gasteiger partial charge in [0, 0.05) is 12.0 Å². The van der Waals surface area contributed by atoms with E-state index in [0.717, 1.165) is 5.46 Å². The molecular weight excluding hydrogens is 155 g/mol. The van der Waals surface area contributed by atoms with Crippen molar-refractivity contribution in [2.45, 2.75) is 4.90 Å². The van der Waals surface area contributed by atoms with Gasteiger partial charge in [0.05, 0.1) is 5.94 Å². The Morgan fingerprint density at radius 3 is 2.55 bits per heavy atom. The second kappa shape index (κ2) is 4.47. The highest BCUT2D eigenvalue weighted by atomic mass is 32.2. The van der Waals surface area contributed by atoms with Crippen molar-refractivity contribution in [1.29, 1.82) is 0 Å². The Morgan fingerprint density at radius 2 is 2.00 bits per heavy atom. The Kier molecular flexibility index (Phi) is 3.53. The predicted octanol–water partition coefficient (Wildman–Crippen LogP) is 1.18. The molecule has 0 aliphatic rings. The second-order valence-corrected chi connectivity index (χ2v) is 3.12. The van der Waals surface area contributed by atoms with E-state index in [4.69, 9.17) is 12.6 Å². The molecule has 0 atom stereocenters. The van der Waals surface area contributed by atoms with Gasteiger partial charge in [0.25, 0.3) is 0 Å². The lowest BCUT2D eigenvalue weighted by molar-refractivity contribution is 0.259. The molecule has 1 aromatic rings. The summed E-state index contributed by atoms with van der Waals surface area (Å²) in [6.07, 6.45) is 0. The minimum atomic E-state index is 0.684. The average Bonchev–Trinajstić information content (AvgIpc) is 2.04. The number of hydrogen-bond donors (Lipinski definition) is 0. The molecule has 0 N–H and O–H groups in total. The lowest BCUT2D eigenvalue weighted by Crippen LogP contribution is -1.98. The Balaban J connectivity index is 2.52. The van der Waals surface area contributed by atoms with E-state index in [2.05, 4.69) is 0 Å². The zero-order valence-electron chi connectivity index (χ0n) is 6.41. The smallest absolute Gasteiger partial charge is 0.113 e. The van der Waals surface area contributed by atoms with Gasteiger partial charge in [-0.2, -0.15) is 0 Å². The predicted molar refractivity (Wildman–Crippen MR) is 49.6 cm³/mol. The number of methoxy groups -OCH3 is 1. The van der Waals surface area contributed by atoms with E-state index < -0.39 is 0 Å². The van der Waals surface area contributed by atoms with Crippen molar-refractivity contribution in [3.63, 3.8) is 0 Å². The van der Waals surface area contributed by atoms with Crippen LogP contribution in [-0.2, 0) is 4.74 Å². The third kappa shape index (κ3) is 2.99. The molecule has 0 aromatic heterocycles. The van der Waals surface area contributed by atoms with Gasteiger partial charge in [-0.3, -0.25) is 0 Å². The van der Waals surface area contributed by atoms with E-state index in [1.54, 1.807) is 18.9 Å². The Morgan fingerprint density at radius 1 is 1.36 bits per heavy atom. The van der Waals surface area contributed by atoms with Gasteiger partial charge in [0.1, 0.15) is 7.85 Å². The minimum absolute atomic E-state index is 0.684. The van der Waals surface area contributed by atoms with E-state index in [0.29, 0.717) is 5.94 Å². The summed E-state index contributed by atoms with van der Waals surface area (Å²) < 4.78 is 4.91. The second-order valence-electron chi connectivity index (χ2n) is 2.12. The SMILES string of the molecule is [B]c1ccc(SCOC)cc1. The minimum Gasteiger partial charge on any atom is -0.374 e. The van der Waals surface area contributed by atoms with Gasteiger partial charge in [-0.1, -0.05) is 29.4 Å². The molecule has 1 nitrogen and oxygen atoms in total. The molecule has 0 fully saturated rings. The molecule has 0 aliphatic carbocycles. The van der Waals surface area contributed by atoms with Crippen LogP contribution in [0.3, 0.4) is 0 Å². The molecule has 0 saturated heterocycles. The van der Waals surface area contributed by atoms with Crippen LogP contribution < -0.4 is 5.46 Å². The molecule has 1 aromatic carbocycles. The third-order valence-corrected chi connectivity index (χ3v) is 2.18. The summed E-state index contributed by atoms with van der Waals surface area (Å²) >= 11 is 1.65. The lowest BCUT2D eigenvalue weighted by Gasteiger charge is -1.99. The van der Waals surface area contributed by atoms with Crippen LogP contribution in [0.15, 0.2) is 29.2 Å². The Labute approximate surface area is 72.5 Å². The van der Waals surface area contributed by atoms with Gasteiger partial charge < -0.3 is 4.74 Å². The molecule has 0 amide bonds. The normalized spacial score (nSPS) is 9.91. The molecule has 0 saturated carbocycles. The molecule has 11 heavy (non-hydrogen) atoms. The largest absolute Gasteiger partial charge is 0.374 e. The molecule has 2 radical (unpaired) electrons. The van der Waals surface area contributed by atoms with Gasteiger partial charge in [-0.25, -0.2) is 0 Å². The Bertz CT molecular complexity index is 210. The van der Waals surface area contributed by atoms with Crippen molar-refractivity contribution in [3.8, 4) is 0 Å². The topological polar surface area (TPSA) is 9.23 Å². The van der Waals surface area contributed by atoms with Crippen LogP contribution in [0.25, 0.3) is 0 Å². The highest BCUT2D eigenvalue weighted by molar-refractivity contribution is 7.99. The number of ether oxygens (including phenoxy) is 1. The first kappa shape index (κ1) is 8.69. The van der Waals surface area contributed by atoms with E-state index in [1.165, 1.54) is 4.90 Å². The fourth-order valence-electron chi connectivity index (χ4n) is 0.691. The fraction of sp³-hybridized carbons (Fsp3) is 0.250. The molecule has 0 unspecified atom stereocenters. The first-order valence-electron chi connectivity index (χ1n) is 3.30. The van der Waals surface area contributed by atoms with Crippen LogP contribution in [0.1, 0.15) is 0 Å². The van der Waals surface area contributed by atoms with Crippen molar-refractivity contribution < 1.29 is 4.74 Å². The summed E-state index contributed by atoms with van der Waals surface area (Å²) in [6, 6.07) is 7.74. The first-order chi connectivity index (χ1) is 5.33. The Hall–Kier alpha value is -0.405. The van der Waals surface area contributed by atoms with Crippen molar-refractivity contribution >= 4 is 25.1 Å². The number of rotatable bonds is 3. The van der Waals surface area contributed by atoms with Gasteiger partial charge >= 0.3 is 0 Å². The molecule has 0 heterocycles. The van der Waals surface area contributed by atoms with E-state index >= 15 is 0 Å². The van der Waals surface area contributed by atoms with Crippen molar-refractivity contribution in [1.82, 2.24) is 0 Å². The van der Waals surface area contributed by atoms with Crippen molar-refractivity contribution in [2.75, 3.05) is 13.0 Å². The maximum absolute atomic E-state index is 5.51. The van der Waals surface area contributed by atoms with Crippen LogP contribution in [0.5, 0.6) is 0 Å². The monoisotopic (exact) mass is 164 g/mol. The fourth-order valence-corrected chi connectivity index (χ4v) is 1.27. The molecule has 56 valence electrons. The van der Waals surface area contributed by atoms with Gasteiger partial charge in [0.2, 0.25) is 0 Å². The highest BCUT2D eigenvalue weighted by Crippen LogP contribution is 2.15. The van der Waals surface area contributed by atoms with Crippen molar-refractivity contribution in [2.24, 2.45) is 0 Å².